The first-order valence-electron chi connectivity index (χ1n) is 9.16. The van der Waals surface area contributed by atoms with Gasteiger partial charge in [0.2, 0.25) is 5.91 Å². The number of hydrogen-bond acceptors (Lipinski definition) is 5. The number of thiazole rings is 1. The minimum atomic E-state index is 0.0455. The molecule has 0 unspecified atom stereocenters. The van der Waals surface area contributed by atoms with E-state index in [0.717, 1.165) is 39.7 Å². The van der Waals surface area contributed by atoms with Crippen molar-refractivity contribution in [3.05, 3.63) is 64.5 Å². The molecule has 0 saturated carbocycles. The summed E-state index contributed by atoms with van der Waals surface area (Å²) >= 11 is 1.58. The summed E-state index contributed by atoms with van der Waals surface area (Å²) in [6.45, 7) is 0.612. The van der Waals surface area contributed by atoms with E-state index in [9.17, 15) is 4.79 Å². The molecule has 0 fully saturated rings. The lowest BCUT2D eigenvalue weighted by Gasteiger charge is -2.06. The zero-order valence-electron chi connectivity index (χ0n) is 16.1. The van der Waals surface area contributed by atoms with Crippen molar-refractivity contribution in [1.82, 2.24) is 10.3 Å². The van der Waals surface area contributed by atoms with Crippen molar-refractivity contribution < 1.29 is 14.3 Å². The predicted molar refractivity (Wildman–Crippen MR) is 112 cm³/mol. The number of nitrogens with zero attached hydrogens (tertiary/aromatic N) is 1. The molecule has 2 aromatic carbocycles. The molecule has 1 N–H and O–H groups in total. The van der Waals surface area contributed by atoms with Crippen LogP contribution in [-0.2, 0) is 17.6 Å². The molecule has 3 rings (SSSR count). The van der Waals surface area contributed by atoms with Gasteiger partial charge in [0.05, 0.1) is 24.9 Å². The highest BCUT2D eigenvalue weighted by molar-refractivity contribution is 7.09. The minimum Gasteiger partial charge on any atom is -0.497 e. The van der Waals surface area contributed by atoms with Crippen molar-refractivity contribution in [2.24, 2.45) is 0 Å². The number of aromatic nitrogens is 1. The second-order valence-electron chi connectivity index (χ2n) is 6.31. The molecule has 5 nitrogen and oxygen atoms in total. The number of aryl methyl sites for hydroxylation is 1. The van der Waals surface area contributed by atoms with Crippen LogP contribution in [0.3, 0.4) is 0 Å². The van der Waals surface area contributed by atoms with E-state index in [2.05, 4.69) is 10.3 Å². The van der Waals surface area contributed by atoms with Gasteiger partial charge in [0.1, 0.15) is 11.5 Å². The van der Waals surface area contributed by atoms with Gasteiger partial charge in [-0.15, -0.1) is 11.3 Å². The quantitative estimate of drug-likeness (QED) is 0.591. The number of rotatable bonds is 9. The van der Waals surface area contributed by atoms with E-state index in [1.54, 1.807) is 25.6 Å². The molecular weight excluding hydrogens is 372 g/mol. The SMILES string of the molecule is COc1ccc(-c2csc(CCC(=O)NCCc3cccc(OC)c3)n2)cc1. The maximum Gasteiger partial charge on any atom is 0.220 e. The molecule has 0 atom stereocenters. The lowest BCUT2D eigenvalue weighted by molar-refractivity contribution is -0.121. The van der Waals surface area contributed by atoms with Crippen LogP contribution in [0.5, 0.6) is 11.5 Å². The summed E-state index contributed by atoms with van der Waals surface area (Å²) in [6.07, 6.45) is 1.86. The Morgan fingerprint density at radius 3 is 2.57 bits per heavy atom. The summed E-state index contributed by atoms with van der Waals surface area (Å²) < 4.78 is 10.4. The third kappa shape index (κ3) is 5.57. The number of amides is 1. The number of hydrogen-bond donors (Lipinski definition) is 1. The largest absolute Gasteiger partial charge is 0.497 e. The van der Waals surface area contributed by atoms with E-state index >= 15 is 0 Å². The Morgan fingerprint density at radius 2 is 1.82 bits per heavy atom. The molecule has 0 radical (unpaired) electrons. The topological polar surface area (TPSA) is 60.5 Å². The van der Waals surface area contributed by atoms with Gasteiger partial charge in [0.25, 0.3) is 0 Å². The molecule has 6 heteroatoms. The van der Waals surface area contributed by atoms with Gasteiger partial charge in [0, 0.05) is 30.3 Å². The van der Waals surface area contributed by atoms with Crippen LogP contribution >= 0.6 is 11.3 Å². The third-order valence-electron chi connectivity index (χ3n) is 4.37. The zero-order chi connectivity index (χ0) is 19.8. The van der Waals surface area contributed by atoms with Crippen molar-refractivity contribution in [1.29, 1.82) is 0 Å². The molecule has 28 heavy (non-hydrogen) atoms. The van der Waals surface area contributed by atoms with Crippen LogP contribution in [0.4, 0.5) is 0 Å². The molecule has 1 aromatic heterocycles. The van der Waals surface area contributed by atoms with Crippen LogP contribution in [0.15, 0.2) is 53.9 Å². The van der Waals surface area contributed by atoms with Crippen molar-refractivity contribution >= 4 is 17.2 Å². The van der Waals surface area contributed by atoms with Gasteiger partial charge in [-0.05, 0) is 48.4 Å². The summed E-state index contributed by atoms with van der Waals surface area (Å²) in [5, 5.41) is 5.97. The Balaban J connectivity index is 1.43. The van der Waals surface area contributed by atoms with Crippen molar-refractivity contribution in [3.63, 3.8) is 0 Å². The summed E-state index contributed by atoms with van der Waals surface area (Å²) in [7, 11) is 3.30. The van der Waals surface area contributed by atoms with Crippen LogP contribution in [0.25, 0.3) is 11.3 Å². The van der Waals surface area contributed by atoms with Gasteiger partial charge in [-0.3, -0.25) is 4.79 Å². The molecule has 146 valence electrons. The maximum atomic E-state index is 12.1. The van der Waals surface area contributed by atoms with E-state index < -0.39 is 0 Å². The highest BCUT2D eigenvalue weighted by Crippen LogP contribution is 2.24. The van der Waals surface area contributed by atoms with Crippen LogP contribution < -0.4 is 14.8 Å². The van der Waals surface area contributed by atoms with Crippen LogP contribution in [0.2, 0.25) is 0 Å². The monoisotopic (exact) mass is 396 g/mol. The molecule has 0 aliphatic rings. The average Bonchev–Trinajstić information content (AvgIpc) is 3.21. The second kappa shape index (κ2) is 9.90. The fourth-order valence-corrected chi connectivity index (χ4v) is 3.61. The Bertz CT molecular complexity index is 906. The first-order chi connectivity index (χ1) is 13.7. The number of carbonyl (C=O) groups excluding carboxylic acids is 1. The molecule has 0 aliphatic carbocycles. The molecular formula is C22H24N2O3S. The zero-order valence-corrected chi connectivity index (χ0v) is 16.9. The average molecular weight is 397 g/mol. The van der Waals surface area contributed by atoms with Gasteiger partial charge in [-0.2, -0.15) is 0 Å². The lowest BCUT2D eigenvalue weighted by atomic mass is 10.1. The molecule has 0 aliphatic heterocycles. The van der Waals surface area contributed by atoms with Crippen LogP contribution in [-0.4, -0.2) is 31.7 Å². The molecule has 0 spiro atoms. The van der Waals surface area contributed by atoms with E-state index in [1.165, 1.54) is 0 Å². The van der Waals surface area contributed by atoms with Gasteiger partial charge in [-0.25, -0.2) is 4.98 Å². The molecule has 1 heterocycles. The summed E-state index contributed by atoms with van der Waals surface area (Å²) in [4.78, 5) is 16.7. The standard InChI is InChI=1S/C22H24N2O3S/c1-26-18-8-6-17(7-9-18)20-15-28-22(24-20)11-10-21(25)23-13-12-16-4-3-5-19(14-16)27-2/h3-9,14-15H,10-13H2,1-2H3,(H,23,25). The normalized spacial score (nSPS) is 10.5. The number of ether oxygens (including phenoxy) is 2. The van der Waals surface area contributed by atoms with Crippen molar-refractivity contribution in [3.8, 4) is 22.8 Å². The Hall–Kier alpha value is -2.86. The first kappa shape index (κ1) is 19.9. The summed E-state index contributed by atoms with van der Waals surface area (Å²) in [5.41, 5.74) is 3.12. The second-order valence-corrected chi connectivity index (χ2v) is 7.25. The van der Waals surface area contributed by atoms with E-state index in [4.69, 9.17) is 9.47 Å². The number of benzene rings is 2. The maximum absolute atomic E-state index is 12.1. The smallest absolute Gasteiger partial charge is 0.220 e. The first-order valence-corrected chi connectivity index (χ1v) is 10.0. The summed E-state index contributed by atoms with van der Waals surface area (Å²) in [5.74, 6) is 1.70. The molecule has 0 bridgehead atoms. The summed E-state index contributed by atoms with van der Waals surface area (Å²) in [6, 6.07) is 15.7. The fourth-order valence-electron chi connectivity index (χ4n) is 2.80. The van der Waals surface area contributed by atoms with E-state index in [1.807, 2.05) is 53.9 Å². The lowest BCUT2D eigenvalue weighted by Crippen LogP contribution is -2.25. The molecule has 0 saturated heterocycles. The fraction of sp³-hybridized carbons (Fsp3) is 0.273. The van der Waals surface area contributed by atoms with E-state index in [-0.39, 0.29) is 5.91 Å². The third-order valence-corrected chi connectivity index (χ3v) is 5.28. The predicted octanol–water partition coefficient (Wildman–Crippen LogP) is 4.12. The minimum absolute atomic E-state index is 0.0455. The Morgan fingerprint density at radius 1 is 1.04 bits per heavy atom. The van der Waals surface area contributed by atoms with Gasteiger partial charge in [-0.1, -0.05) is 12.1 Å². The number of methoxy groups -OCH3 is 2. The van der Waals surface area contributed by atoms with Gasteiger partial charge >= 0.3 is 0 Å². The number of carbonyl (C=O) groups is 1. The number of nitrogens with one attached hydrogen (secondary N) is 1. The van der Waals surface area contributed by atoms with Gasteiger partial charge < -0.3 is 14.8 Å². The Labute approximate surface area is 169 Å². The van der Waals surface area contributed by atoms with Crippen molar-refractivity contribution in [2.75, 3.05) is 20.8 Å². The van der Waals surface area contributed by atoms with Crippen LogP contribution in [0, 0.1) is 0 Å². The van der Waals surface area contributed by atoms with Crippen LogP contribution in [0.1, 0.15) is 17.0 Å². The highest BCUT2D eigenvalue weighted by Gasteiger charge is 2.08. The highest BCUT2D eigenvalue weighted by atomic mass is 32.1. The van der Waals surface area contributed by atoms with Crippen molar-refractivity contribution in [2.45, 2.75) is 19.3 Å². The Kier molecular flexibility index (Phi) is 7.03. The molecule has 3 aromatic rings. The van der Waals surface area contributed by atoms with Gasteiger partial charge in [0.15, 0.2) is 0 Å². The van der Waals surface area contributed by atoms with E-state index in [0.29, 0.717) is 19.4 Å². The molecule has 1 amide bonds.